The van der Waals surface area contributed by atoms with Crippen LogP contribution in [0.5, 0.6) is 0 Å². The molecule has 0 saturated heterocycles. The lowest BCUT2D eigenvalue weighted by molar-refractivity contribution is -0.192. The first-order valence-corrected chi connectivity index (χ1v) is 6.18. The number of carbonyl (C=O) groups excluding carboxylic acids is 1. The molecule has 0 amide bonds. The Bertz CT molecular complexity index is 323. The van der Waals surface area contributed by atoms with Gasteiger partial charge in [0.15, 0.2) is 0 Å². The normalized spacial score (nSPS) is 28.6. The maximum absolute atomic E-state index is 11.9. The maximum atomic E-state index is 11.9. The first-order valence-electron chi connectivity index (χ1n) is 6.18. The highest BCUT2D eigenvalue weighted by Crippen LogP contribution is 2.45. The maximum Gasteiger partial charge on any atom is 0.327 e. The minimum Gasteiger partial charge on any atom is -0.465 e. The Morgan fingerprint density at radius 2 is 2.28 bits per heavy atom. The van der Waals surface area contributed by atoms with Gasteiger partial charge in [-0.3, -0.25) is 10.1 Å². The Labute approximate surface area is 108 Å². The summed E-state index contributed by atoms with van der Waals surface area (Å²) < 4.78 is 10.4. The van der Waals surface area contributed by atoms with Crippen LogP contribution in [0.25, 0.3) is 0 Å². The van der Waals surface area contributed by atoms with E-state index in [1.165, 1.54) is 0 Å². The molecule has 0 spiro atoms. The summed E-state index contributed by atoms with van der Waals surface area (Å²) >= 11 is 0. The molecule has 18 heavy (non-hydrogen) atoms. The van der Waals surface area contributed by atoms with Crippen LogP contribution >= 0.6 is 0 Å². The highest BCUT2D eigenvalue weighted by atomic mass is 16.6. The van der Waals surface area contributed by atoms with Gasteiger partial charge >= 0.3 is 5.97 Å². The van der Waals surface area contributed by atoms with Gasteiger partial charge in [-0.2, -0.15) is 0 Å². The lowest BCUT2D eigenvalue weighted by atomic mass is 10.2. The van der Waals surface area contributed by atoms with E-state index in [1.807, 2.05) is 20.8 Å². The third-order valence-corrected chi connectivity index (χ3v) is 2.79. The van der Waals surface area contributed by atoms with Crippen LogP contribution in [0.15, 0.2) is 12.7 Å². The number of ether oxygens (including phenoxy) is 2. The highest BCUT2D eigenvalue weighted by Gasteiger charge is 2.61. The van der Waals surface area contributed by atoms with Crippen LogP contribution < -0.4 is 5.32 Å². The SMILES string of the molecule is C=C[C@H]1C[C@@]1(NC(O)OC(C)(C)C)C(=O)OCC. The lowest BCUT2D eigenvalue weighted by Gasteiger charge is -2.27. The summed E-state index contributed by atoms with van der Waals surface area (Å²) in [6.07, 6.45) is 1.05. The number of esters is 1. The fourth-order valence-electron chi connectivity index (χ4n) is 1.88. The number of rotatable bonds is 6. The molecule has 1 rings (SSSR count). The van der Waals surface area contributed by atoms with Crippen LogP contribution in [0.4, 0.5) is 0 Å². The molecule has 2 N–H and O–H groups in total. The first-order chi connectivity index (χ1) is 8.25. The van der Waals surface area contributed by atoms with Crippen molar-refractivity contribution >= 4 is 5.97 Å². The van der Waals surface area contributed by atoms with Gasteiger partial charge in [-0.05, 0) is 34.1 Å². The fourth-order valence-corrected chi connectivity index (χ4v) is 1.88. The van der Waals surface area contributed by atoms with Crippen LogP contribution in [0.1, 0.15) is 34.1 Å². The van der Waals surface area contributed by atoms with Crippen LogP contribution in [-0.2, 0) is 14.3 Å². The topological polar surface area (TPSA) is 67.8 Å². The average molecular weight is 257 g/mol. The van der Waals surface area contributed by atoms with Gasteiger partial charge in [0.2, 0.25) is 6.41 Å². The van der Waals surface area contributed by atoms with Crippen molar-refractivity contribution in [3.8, 4) is 0 Å². The fraction of sp³-hybridized carbons (Fsp3) is 0.769. The second kappa shape index (κ2) is 5.38. The molecule has 1 unspecified atom stereocenters. The average Bonchev–Trinajstić information content (AvgIpc) is 2.90. The van der Waals surface area contributed by atoms with Crippen molar-refractivity contribution in [3.63, 3.8) is 0 Å². The van der Waals surface area contributed by atoms with E-state index in [-0.39, 0.29) is 11.9 Å². The molecule has 0 aromatic heterocycles. The van der Waals surface area contributed by atoms with Crippen molar-refractivity contribution in [1.82, 2.24) is 5.32 Å². The molecule has 0 aromatic rings. The summed E-state index contributed by atoms with van der Waals surface area (Å²) in [4.78, 5) is 11.9. The summed E-state index contributed by atoms with van der Waals surface area (Å²) in [6.45, 7) is 11.2. The molecule has 1 saturated carbocycles. The molecule has 0 heterocycles. The molecule has 5 nitrogen and oxygen atoms in total. The van der Waals surface area contributed by atoms with E-state index in [2.05, 4.69) is 11.9 Å². The van der Waals surface area contributed by atoms with Gasteiger partial charge in [0.1, 0.15) is 5.54 Å². The van der Waals surface area contributed by atoms with Crippen molar-refractivity contribution < 1.29 is 19.4 Å². The summed E-state index contributed by atoms with van der Waals surface area (Å²) in [5, 5.41) is 12.6. The Hall–Kier alpha value is -0.910. The molecular weight excluding hydrogens is 234 g/mol. The van der Waals surface area contributed by atoms with E-state index in [0.29, 0.717) is 13.0 Å². The van der Waals surface area contributed by atoms with Crippen molar-refractivity contribution in [2.75, 3.05) is 6.61 Å². The van der Waals surface area contributed by atoms with E-state index in [4.69, 9.17) is 9.47 Å². The van der Waals surface area contributed by atoms with Gasteiger partial charge in [0, 0.05) is 5.92 Å². The van der Waals surface area contributed by atoms with Crippen molar-refractivity contribution in [2.24, 2.45) is 5.92 Å². The van der Waals surface area contributed by atoms with Crippen LogP contribution in [0.3, 0.4) is 0 Å². The van der Waals surface area contributed by atoms with Gasteiger partial charge in [-0.1, -0.05) is 6.08 Å². The lowest BCUT2D eigenvalue weighted by Crippen LogP contribution is -2.50. The van der Waals surface area contributed by atoms with E-state index in [1.54, 1.807) is 13.0 Å². The van der Waals surface area contributed by atoms with Gasteiger partial charge in [0.05, 0.1) is 12.2 Å². The van der Waals surface area contributed by atoms with E-state index < -0.39 is 17.6 Å². The molecular formula is C13H23NO4. The molecule has 1 aliphatic rings. The quantitative estimate of drug-likeness (QED) is 0.425. The zero-order valence-corrected chi connectivity index (χ0v) is 11.5. The monoisotopic (exact) mass is 257 g/mol. The van der Waals surface area contributed by atoms with Crippen molar-refractivity contribution in [3.05, 3.63) is 12.7 Å². The van der Waals surface area contributed by atoms with Crippen LogP contribution in [0, 0.1) is 5.92 Å². The number of hydrogen-bond acceptors (Lipinski definition) is 5. The van der Waals surface area contributed by atoms with Gasteiger partial charge in [0.25, 0.3) is 0 Å². The largest absolute Gasteiger partial charge is 0.465 e. The number of aliphatic hydroxyl groups is 1. The van der Waals surface area contributed by atoms with Gasteiger partial charge in [-0.25, -0.2) is 0 Å². The summed E-state index contributed by atoms with van der Waals surface area (Å²) in [6, 6.07) is 0. The Morgan fingerprint density at radius 1 is 1.67 bits per heavy atom. The van der Waals surface area contributed by atoms with E-state index in [0.717, 1.165) is 0 Å². The van der Waals surface area contributed by atoms with Crippen molar-refractivity contribution in [2.45, 2.75) is 51.7 Å². The number of aliphatic hydroxyl groups excluding tert-OH is 1. The standard InChI is InChI=1S/C13H23NO4/c1-6-9-8-13(9,10(15)17-7-2)14-11(16)18-12(3,4)5/h6,9,11,14,16H,1,7-8H2,2-5H3/t9-,11?,13-/m0/s1. The predicted molar refractivity (Wildman–Crippen MR) is 67.6 cm³/mol. The molecule has 0 radical (unpaired) electrons. The molecule has 0 aromatic carbocycles. The highest BCUT2D eigenvalue weighted by molar-refractivity contribution is 5.85. The van der Waals surface area contributed by atoms with Crippen molar-refractivity contribution in [1.29, 1.82) is 0 Å². The minimum atomic E-state index is -1.21. The first kappa shape index (κ1) is 15.1. The van der Waals surface area contributed by atoms with Gasteiger partial charge < -0.3 is 14.6 Å². The smallest absolute Gasteiger partial charge is 0.327 e. The zero-order valence-electron chi connectivity index (χ0n) is 11.5. The van der Waals surface area contributed by atoms with E-state index in [9.17, 15) is 9.90 Å². The number of nitrogens with one attached hydrogen (secondary N) is 1. The minimum absolute atomic E-state index is 0.0326. The summed E-state index contributed by atoms with van der Waals surface area (Å²) in [5.74, 6) is -0.402. The molecule has 0 aliphatic heterocycles. The second-order valence-corrected chi connectivity index (χ2v) is 5.47. The second-order valence-electron chi connectivity index (χ2n) is 5.47. The molecule has 5 heteroatoms. The van der Waals surface area contributed by atoms with Gasteiger partial charge in [-0.15, -0.1) is 6.58 Å². The third-order valence-electron chi connectivity index (χ3n) is 2.79. The summed E-state index contributed by atoms with van der Waals surface area (Å²) in [5.41, 5.74) is -1.39. The number of carbonyl (C=O) groups is 1. The molecule has 3 atom stereocenters. The Morgan fingerprint density at radius 3 is 2.67 bits per heavy atom. The predicted octanol–water partition coefficient (Wildman–Crippen LogP) is 1.17. The van der Waals surface area contributed by atoms with Crippen LogP contribution in [-0.4, -0.2) is 35.2 Å². The molecule has 1 fully saturated rings. The Kier molecular flexibility index (Phi) is 4.53. The summed E-state index contributed by atoms with van der Waals surface area (Å²) in [7, 11) is 0. The van der Waals surface area contributed by atoms with Crippen LogP contribution in [0.2, 0.25) is 0 Å². The molecule has 104 valence electrons. The third kappa shape index (κ3) is 3.54. The van der Waals surface area contributed by atoms with E-state index >= 15 is 0 Å². The molecule has 1 aliphatic carbocycles. The molecule has 0 bridgehead atoms. The Balaban J connectivity index is 2.65. The zero-order chi connectivity index (χ0) is 14.0. The number of hydrogen-bond donors (Lipinski definition) is 2.